The average molecular weight is 341 g/mol. The van der Waals surface area contributed by atoms with E-state index in [2.05, 4.69) is 22.0 Å². The predicted octanol–water partition coefficient (Wildman–Crippen LogP) is 1.84. The first kappa shape index (κ1) is 16.2. The van der Waals surface area contributed by atoms with Gasteiger partial charge in [0.15, 0.2) is 0 Å². The minimum Gasteiger partial charge on any atom is -0.360 e. The summed E-state index contributed by atoms with van der Waals surface area (Å²) >= 11 is 0. The Morgan fingerprint density at radius 2 is 2.12 bits per heavy atom. The molecular weight excluding hydrogens is 318 g/mol. The summed E-state index contributed by atoms with van der Waals surface area (Å²) in [6.45, 7) is 8.43. The van der Waals surface area contributed by atoms with Crippen molar-refractivity contribution in [2.24, 2.45) is 0 Å². The first-order valence-corrected chi connectivity index (χ1v) is 8.89. The van der Waals surface area contributed by atoms with E-state index in [0.29, 0.717) is 25.3 Å². The fraction of sp³-hybridized carbons (Fsp3) is 0.556. The number of amides is 1. The van der Waals surface area contributed by atoms with Crippen molar-refractivity contribution in [1.82, 2.24) is 24.6 Å². The fourth-order valence-corrected chi connectivity index (χ4v) is 3.70. The van der Waals surface area contributed by atoms with Crippen LogP contribution in [-0.4, -0.2) is 43.6 Å². The Bertz CT molecular complexity index is 823. The Morgan fingerprint density at radius 1 is 1.32 bits per heavy atom. The molecule has 2 aromatic rings. The second-order valence-corrected chi connectivity index (χ2v) is 6.80. The highest BCUT2D eigenvalue weighted by atomic mass is 16.5. The smallest absolute Gasteiger partial charge is 0.257 e. The third-order valence-corrected chi connectivity index (χ3v) is 5.18. The largest absolute Gasteiger partial charge is 0.360 e. The predicted molar refractivity (Wildman–Crippen MR) is 91.0 cm³/mol. The highest BCUT2D eigenvalue weighted by Crippen LogP contribution is 2.43. The fourth-order valence-electron chi connectivity index (χ4n) is 3.70. The van der Waals surface area contributed by atoms with E-state index >= 15 is 0 Å². The Hall–Kier alpha value is -2.28. The summed E-state index contributed by atoms with van der Waals surface area (Å²) in [5, 5.41) is 4.27. The van der Waals surface area contributed by atoms with Gasteiger partial charge in [-0.3, -0.25) is 9.48 Å². The number of likely N-dealkylation sites (tertiary alicyclic amines) is 1. The number of rotatable bonds is 4. The molecule has 1 spiro atoms. The van der Waals surface area contributed by atoms with Gasteiger partial charge in [-0.1, -0.05) is 6.92 Å². The first-order valence-electron chi connectivity index (χ1n) is 8.89. The summed E-state index contributed by atoms with van der Waals surface area (Å²) in [6, 6.07) is 0. The van der Waals surface area contributed by atoms with Crippen LogP contribution in [0.15, 0.2) is 12.4 Å². The first-order chi connectivity index (χ1) is 12.1. The zero-order chi connectivity index (χ0) is 17.6. The van der Waals surface area contributed by atoms with Gasteiger partial charge in [0.05, 0.1) is 37.2 Å². The van der Waals surface area contributed by atoms with Gasteiger partial charge < -0.3 is 9.64 Å². The molecule has 2 aromatic heterocycles. The molecule has 132 valence electrons. The van der Waals surface area contributed by atoms with E-state index in [1.165, 1.54) is 0 Å². The van der Waals surface area contributed by atoms with Gasteiger partial charge in [0, 0.05) is 30.4 Å². The lowest BCUT2D eigenvalue weighted by Gasteiger charge is -2.47. The molecule has 4 rings (SSSR count). The lowest BCUT2D eigenvalue weighted by atomic mass is 9.87. The quantitative estimate of drug-likeness (QED) is 0.848. The number of nitrogens with zero attached hydrogens (tertiary/aromatic N) is 5. The molecule has 0 unspecified atom stereocenters. The molecule has 0 bridgehead atoms. The zero-order valence-electron chi connectivity index (χ0n) is 14.9. The maximum absolute atomic E-state index is 12.8. The second kappa shape index (κ2) is 5.91. The van der Waals surface area contributed by atoms with E-state index in [9.17, 15) is 4.79 Å². The molecule has 4 heterocycles. The number of ether oxygens (including phenoxy) is 1. The Morgan fingerprint density at radius 3 is 2.80 bits per heavy atom. The van der Waals surface area contributed by atoms with Crippen LogP contribution in [0.1, 0.15) is 53.4 Å². The summed E-state index contributed by atoms with van der Waals surface area (Å²) < 4.78 is 7.88. The molecule has 0 atom stereocenters. The summed E-state index contributed by atoms with van der Waals surface area (Å²) in [4.78, 5) is 23.7. The van der Waals surface area contributed by atoms with Gasteiger partial charge in [0.1, 0.15) is 11.4 Å². The molecule has 1 fully saturated rings. The summed E-state index contributed by atoms with van der Waals surface area (Å²) in [7, 11) is 0. The number of hydrogen-bond acceptors (Lipinski definition) is 5. The monoisotopic (exact) mass is 341 g/mol. The molecule has 0 N–H and O–H groups in total. The minimum atomic E-state index is -0.426. The zero-order valence-corrected chi connectivity index (χ0v) is 14.9. The standard InChI is InChI=1S/C18H23N5O2/c1-4-6-16-19-8-14-15(21-16)9-25-18(14)10-22(11-18)17(24)13-7-20-23(5-2)12(13)3/h7-8H,4-6,9-11H2,1-3H3. The van der Waals surface area contributed by atoms with Gasteiger partial charge in [0.25, 0.3) is 5.91 Å². The molecule has 0 aliphatic carbocycles. The number of fused-ring (bicyclic) bond motifs is 2. The van der Waals surface area contributed by atoms with Crippen molar-refractivity contribution in [2.45, 2.75) is 52.4 Å². The molecule has 0 saturated carbocycles. The number of carbonyl (C=O) groups excluding carboxylic acids is 1. The van der Waals surface area contributed by atoms with Crippen molar-refractivity contribution in [3.05, 3.63) is 40.7 Å². The van der Waals surface area contributed by atoms with E-state index in [1.807, 2.05) is 29.6 Å². The van der Waals surface area contributed by atoms with Crippen molar-refractivity contribution in [3.8, 4) is 0 Å². The van der Waals surface area contributed by atoms with E-state index in [0.717, 1.165) is 42.2 Å². The molecule has 25 heavy (non-hydrogen) atoms. The molecule has 0 aromatic carbocycles. The van der Waals surface area contributed by atoms with Gasteiger partial charge in [-0.2, -0.15) is 5.10 Å². The molecular formula is C18H23N5O2. The van der Waals surface area contributed by atoms with Gasteiger partial charge in [0.2, 0.25) is 0 Å². The van der Waals surface area contributed by atoms with Crippen LogP contribution in [-0.2, 0) is 29.9 Å². The van der Waals surface area contributed by atoms with Crippen LogP contribution in [0.5, 0.6) is 0 Å². The molecule has 1 saturated heterocycles. The van der Waals surface area contributed by atoms with Gasteiger partial charge in [-0.05, 0) is 20.3 Å². The lowest BCUT2D eigenvalue weighted by molar-refractivity contribution is -0.126. The Balaban J connectivity index is 1.51. The summed E-state index contributed by atoms with van der Waals surface area (Å²) in [5.74, 6) is 0.889. The highest BCUT2D eigenvalue weighted by molar-refractivity contribution is 5.95. The van der Waals surface area contributed by atoms with Crippen molar-refractivity contribution in [2.75, 3.05) is 13.1 Å². The number of aryl methyl sites for hydroxylation is 2. The maximum atomic E-state index is 12.8. The topological polar surface area (TPSA) is 73.1 Å². The van der Waals surface area contributed by atoms with E-state index in [-0.39, 0.29) is 5.91 Å². The van der Waals surface area contributed by atoms with Crippen molar-refractivity contribution >= 4 is 5.91 Å². The molecule has 1 amide bonds. The molecule has 2 aliphatic heterocycles. The third-order valence-electron chi connectivity index (χ3n) is 5.18. The number of aromatic nitrogens is 4. The van der Waals surface area contributed by atoms with Crippen molar-refractivity contribution < 1.29 is 9.53 Å². The SMILES string of the molecule is CCCc1ncc2c(n1)COC21CN(C(=O)c2cnn(CC)c2C)C1. The van der Waals surface area contributed by atoms with E-state index in [4.69, 9.17) is 4.74 Å². The van der Waals surface area contributed by atoms with Crippen LogP contribution >= 0.6 is 0 Å². The Kier molecular flexibility index (Phi) is 3.83. The third kappa shape index (κ3) is 2.45. The van der Waals surface area contributed by atoms with Crippen molar-refractivity contribution in [1.29, 1.82) is 0 Å². The summed E-state index contributed by atoms with van der Waals surface area (Å²) in [5.41, 5.74) is 3.17. The van der Waals surface area contributed by atoms with Crippen LogP contribution in [0, 0.1) is 6.92 Å². The van der Waals surface area contributed by atoms with Crippen LogP contribution < -0.4 is 0 Å². The van der Waals surface area contributed by atoms with E-state index in [1.54, 1.807) is 6.20 Å². The average Bonchev–Trinajstić information content (AvgIpc) is 3.13. The maximum Gasteiger partial charge on any atom is 0.257 e. The molecule has 7 nitrogen and oxygen atoms in total. The lowest BCUT2D eigenvalue weighted by Crippen LogP contribution is -2.61. The van der Waals surface area contributed by atoms with Crippen LogP contribution in [0.4, 0.5) is 0 Å². The summed E-state index contributed by atoms with van der Waals surface area (Å²) in [6.07, 6.45) is 5.46. The normalized spacial score (nSPS) is 17.6. The Labute approximate surface area is 147 Å². The molecule has 2 aliphatic rings. The van der Waals surface area contributed by atoms with Gasteiger partial charge in [-0.25, -0.2) is 9.97 Å². The number of carbonyl (C=O) groups is 1. The van der Waals surface area contributed by atoms with Crippen LogP contribution in [0.3, 0.4) is 0 Å². The highest BCUT2D eigenvalue weighted by Gasteiger charge is 2.52. The van der Waals surface area contributed by atoms with Crippen molar-refractivity contribution in [3.63, 3.8) is 0 Å². The molecule has 0 radical (unpaired) electrons. The van der Waals surface area contributed by atoms with E-state index < -0.39 is 5.60 Å². The molecule has 7 heteroatoms. The minimum absolute atomic E-state index is 0.0170. The second-order valence-electron chi connectivity index (χ2n) is 6.80. The van der Waals surface area contributed by atoms with Gasteiger partial charge >= 0.3 is 0 Å². The van der Waals surface area contributed by atoms with Crippen LogP contribution in [0.25, 0.3) is 0 Å². The number of hydrogen-bond donors (Lipinski definition) is 0. The van der Waals surface area contributed by atoms with Gasteiger partial charge in [-0.15, -0.1) is 0 Å². The van der Waals surface area contributed by atoms with Crippen LogP contribution in [0.2, 0.25) is 0 Å².